The summed E-state index contributed by atoms with van der Waals surface area (Å²) in [6.07, 6.45) is 5.52. The van der Waals surface area contributed by atoms with Gasteiger partial charge in [0.05, 0.1) is 10.2 Å². The molecule has 102 valence electrons. The first kappa shape index (κ1) is 13.4. The normalized spacial score (nSPS) is 18.2. The van der Waals surface area contributed by atoms with Crippen LogP contribution in [0, 0.1) is 0 Å². The Kier molecular flexibility index (Phi) is 4.41. The lowest BCUT2D eigenvalue weighted by Gasteiger charge is -2.15. The fourth-order valence-corrected chi connectivity index (χ4v) is 4.90. The topological polar surface area (TPSA) is 24.9 Å². The summed E-state index contributed by atoms with van der Waals surface area (Å²) in [4.78, 5) is 4.69. The predicted octanol–water partition coefficient (Wildman–Crippen LogP) is 4.31. The van der Waals surface area contributed by atoms with Crippen molar-refractivity contribution in [3.05, 3.63) is 24.3 Å². The first-order valence-electron chi connectivity index (χ1n) is 7.07. The summed E-state index contributed by atoms with van der Waals surface area (Å²) in [6, 6.07) is 9.15. The number of fused-ring (bicyclic) bond motifs is 1. The quantitative estimate of drug-likeness (QED) is 0.831. The van der Waals surface area contributed by atoms with Crippen LogP contribution in [0.2, 0.25) is 0 Å². The molecule has 0 bridgehead atoms. The Morgan fingerprint density at radius 2 is 2.16 bits per heavy atom. The van der Waals surface area contributed by atoms with Crippen molar-refractivity contribution >= 4 is 33.3 Å². The fraction of sp³-hybridized carbons (Fsp3) is 0.533. The first-order chi connectivity index (χ1) is 9.31. The van der Waals surface area contributed by atoms with Crippen molar-refractivity contribution in [2.75, 3.05) is 6.54 Å². The molecule has 2 aromatic rings. The first-order valence-corrected chi connectivity index (χ1v) is 8.76. The van der Waals surface area contributed by atoms with E-state index in [4.69, 9.17) is 0 Å². The van der Waals surface area contributed by atoms with Gasteiger partial charge >= 0.3 is 0 Å². The van der Waals surface area contributed by atoms with E-state index in [-0.39, 0.29) is 0 Å². The molecule has 0 spiro atoms. The van der Waals surface area contributed by atoms with Crippen LogP contribution in [-0.4, -0.2) is 22.8 Å². The average Bonchev–Trinajstić information content (AvgIpc) is 3.04. The van der Waals surface area contributed by atoms with E-state index in [1.165, 1.54) is 34.7 Å². The van der Waals surface area contributed by atoms with Gasteiger partial charge in [0.2, 0.25) is 0 Å². The highest BCUT2D eigenvalue weighted by Crippen LogP contribution is 2.31. The molecule has 1 fully saturated rings. The van der Waals surface area contributed by atoms with E-state index in [1.807, 2.05) is 23.1 Å². The minimum atomic E-state index is 0.584. The van der Waals surface area contributed by atoms with Crippen molar-refractivity contribution in [3.8, 4) is 0 Å². The third-order valence-electron chi connectivity index (χ3n) is 3.63. The van der Waals surface area contributed by atoms with E-state index in [0.717, 1.165) is 18.1 Å². The lowest BCUT2D eigenvalue weighted by Crippen LogP contribution is -2.31. The molecule has 1 aromatic heterocycles. The lowest BCUT2D eigenvalue weighted by atomic mass is 10.2. The second-order valence-corrected chi connectivity index (χ2v) is 7.98. The van der Waals surface area contributed by atoms with Crippen LogP contribution < -0.4 is 5.32 Å². The molecule has 4 heteroatoms. The smallest absolute Gasteiger partial charge is 0.151 e. The molecule has 2 nitrogen and oxygen atoms in total. The van der Waals surface area contributed by atoms with Gasteiger partial charge in [-0.05, 0) is 25.0 Å². The average molecular weight is 292 g/mol. The van der Waals surface area contributed by atoms with Crippen LogP contribution >= 0.6 is 23.1 Å². The van der Waals surface area contributed by atoms with Gasteiger partial charge in [-0.3, -0.25) is 0 Å². The monoisotopic (exact) mass is 292 g/mol. The minimum Gasteiger partial charge on any atom is -0.313 e. The molecule has 1 heterocycles. The van der Waals surface area contributed by atoms with E-state index < -0.39 is 0 Å². The fourth-order valence-electron chi connectivity index (χ4n) is 2.58. The van der Waals surface area contributed by atoms with Gasteiger partial charge in [-0.25, -0.2) is 4.98 Å². The zero-order valence-corrected chi connectivity index (χ0v) is 12.9. The second kappa shape index (κ2) is 6.25. The maximum atomic E-state index is 4.69. The molecular weight excluding hydrogens is 272 g/mol. The van der Waals surface area contributed by atoms with Crippen LogP contribution in [0.25, 0.3) is 10.2 Å². The van der Waals surface area contributed by atoms with Crippen molar-refractivity contribution in [1.29, 1.82) is 0 Å². The van der Waals surface area contributed by atoms with Crippen LogP contribution in [0.15, 0.2) is 28.6 Å². The summed E-state index contributed by atoms with van der Waals surface area (Å²) in [5.41, 5.74) is 1.13. The largest absolute Gasteiger partial charge is 0.313 e. The number of benzene rings is 1. The van der Waals surface area contributed by atoms with E-state index in [2.05, 4.69) is 41.5 Å². The Morgan fingerprint density at radius 1 is 1.37 bits per heavy atom. The molecule has 1 aromatic carbocycles. The predicted molar refractivity (Wildman–Crippen MR) is 85.2 cm³/mol. The number of nitrogens with zero attached hydrogens (tertiary/aromatic N) is 1. The third-order valence-corrected chi connectivity index (χ3v) is 5.86. The highest BCUT2D eigenvalue weighted by atomic mass is 32.2. The van der Waals surface area contributed by atoms with E-state index >= 15 is 0 Å². The Balaban J connectivity index is 1.54. The number of thiazole rings is 1. The molecular formula is C15H20N2S2. The van der Waals surface area contributed by atoms with Gasteiger partial charge in [-0.15, -0.1) is 11.3 Å². The SMILES string of the molecule is CC(CNC1CCCC1)Sc1nc2ccccc2s1. The van der Waals surface area contributed by atoms with E-state index in [9.17, 15) is 0 Å². The molecule has 0 amide bonds. The lowest BCUT2D eigenvalue weighted by molar-refractivity contribution is 0.527. The molecule has 0 saturated heterocycles. The molecule has 1 unspecified atom stereocenters. The van der Waals surface area contributed by atoms with Gasteiger partial charge in [0, 0.05) is 17.8 Å². The zero-order valence-electron chi connectivity index (χ0n) is 11.3. The van der Waals surface area contributed by atoms with Gasteiger partial charge < -0.3 is 5.32 Å². The number of thioether (sulfide) groups is 1. The summed E-state index contributed by atoms with van der Waals surface area (Å²) in [5, 5.41) is 4.28. The van der Waals surface area contributed by atoms with Crippen molar-refractivity contribution < 1.29 is 0 Å². The molecule has 1 N–H and O–H groups in total. The van der Waals surface area contributed by atoms with Gasteiger partial charge in [0.1, 0.15) is 0 Å². The van der Waals surface area contributed by atoms with Gasteiger partial charge in [-0.1, -0.05) is 43.7 Å². The highest BCUT2D eigenvalue weighted by molar-refractivity contribution is 8.01. The van der Waals surface area contributed by atoms with Crippen molar-refractivity contribution in [2.45, 2.75) is 48.2 Å². The summed E-state index contributed by atoms with van der Waals surface area (Å²) in [7, 11) is 0. The van der Waals surface area contributed by atoms with E-state index in [1.54, 1.807) is 0 Å². The maximum Gasteiger partial charge on any atom is 0.151 e. The molecule has 0 aliphatic heterocycles. The molecule has 1 saturated carbocycles. The van der Waals surface area contributed by atoms with Crippen molar-refractivity contribution in [3.63, 3.8) is 0 Å². The number of hydrogen-bond donors (Lipinski definition) is 1. The van der Waals surface area contributed by atoms with Crippen LogP contribution in [-0.2, 0) is 0 Å². The van der Waals surface area contributed by atoms with Crippen molar-refractivity contribution in [2.24, 2.45) is 0 Å². The summed E-state index contributed by atoms with van der Waals surface area (Å²) in [6.45, 7) is 3.38. The number of aromatic nitrogens is 1. The Hall–Kier alpha value is -0.580. The molecule has 3 rings (SSSR count). The van der Waals surface area contributed by atoms with Gasteiger partial charge in [0.15, 0.2) is 4.34 Å². The highest BCUT2D eigenvalue weighted by Gasteiger charge is 2.16. The van der Waals surface area contributed by atoms with Crippen LogP contribution in [0.4, 0.5) is 0 Å². The molecule has 19 heavy (non-hydrogen) atoms. The third kappa shape index (κ3) is 3.50. The molecule has 1 aliphatic rings. The van der Waals surface area contributed by atoms with Crippen molar-refractivity contribution in [1.82, 2.24) is 10.3 Å². The second-order valence-electron chi connectivity index (χ2n) is 5.27. The summed E-state index contributed by atoms with van der Waals surface area (Å²) < 4.78 is 2.49. The van der Waals surface area contributed by atoms with Gasteiger partial charge in [-0.2, -0.15) is 0 Å². The Labute approximate surface area is 123 Å². The standard InChI is InChI=1S/C15H20N2S2/c1-11(10-16-12-6-2-3-7-12)18-15-17-13-8-4-5-9-14(13)19-15/h4-5,8-9,11-12,16H,2-3,6-7,10H2,1H3. The molecule has 1 aliphatic carbocycles. The van der Waals surface area contributed by atoms with E-state index in [0.29, 0.717) is 5.25 Å². The summed E-state index contributed by atoms with van der Waals surface area (Å²) in [5.74, 6) is 0. The van der Waals surface area contributed by atoms with Crippen LogP contribution in [0.1, 0.15) is 32.6 Å². The molecule has 0 radical (unpaired) electrons. The minimum absolute atomic E-state index is 0.584. The maximum absolute atomic E-state index is 4.69. The number of rotatable bonds is 5. The Bertz CT molecular complexity index is 499. The van der Waals surface area contributed by atoms with Gasteiger partial charge in [0.25, 0.3) is 0 Å². The van der Waals surface area contributed by atoms with Crippen LogP contribution in [0.3, 0.4) is 0 Å². The zero-order chi connectivity index (χ0) is 13.1. The number of para-hydroxylation sites is 1. The summed E-state index contributed by atoms with van der Waals surface area (Å²) >= 11 is 3.71. The number of hydrogen-bond acceptors (Lipinski definition) is 4. The number of nitrogens with one attached hydrogen (secondary N) is 1. The Morgan fingerprint density at radius 3 is 2.95 bits per heavy atom. The van der Waals surface area contributed by atoms with Crippen LogP contribution in [0.5, 0.6) is 0 Å². The molecule has 1 atom stereocenters.